The van der Waals surface area contributed by atoms with E-state index in [0.717, 1.165) is 0 Å². The Kier molecular flexibility index (Phi) is 3.08. The zero-order valence-electron chi connectivity index (χ0n) is 7.08. The number of hydrogen-bond acceptors (Lipinski definition) is 4. The van der Waals surface area contributed by atoms with Crippen LogP contribution >= 0.6 is 11.6 Å². The number of hydrogen-bond donors (Lipinski definition) is 1. The smallest absolute Gasteiger partial charge is 0.341 e. The van der Waals surface area contributed by atoms with Crippen LogP contribution in [-0.4, -0.2) is 17.6 Å². The number of carbonyl (C=O) groups is 1. The molecular weight excluding hydrogens is 192 g/mol. The molecule has 0 saturated heterocycles. The van der Waals surface area contributed by atoms with Crippen LogP contribution < -0.4 is 5.73 Å². The van der Waals surface area contributed by atoms with Gasteiger partial charge in [0, 0.05) is 6.20 Å². The molecule has 2 N–H and O–H groups in total. The Morgan fingerprint density at radius 2 is 2.46 bits per heavy atom. The van der Waals surface area contributed by atoms with E-state index in [2.05, 4.69) is 4.98 Å². The molecule has 13 heavy (non-hydrogen) atoms. The summed E-state index contributed by atoms with van der Waals surface area (Å²) in [5.41, 5.74) is 5.65. The van der Waals surface area contributed by atoms with Gasteiger partial charge in [0.2, 0.25) is 0 Å². The molecule has 0 unspecified atom stereocenters. The zero-order valence-corrected chi connectivity index (χ0v) is 7.84. The van der Waals surface area contributed by atoms with Crippen LogP contribution in [-0.2, 0) is 4.74 Å². The summed E-state index contributed by atoms with van der Waals surface area (Å²) in [5.74, 6) is -0.377. The largest absolute Gasteiger partial charge is 0.462 e. The average Bonchev–Trinajstić information content (AvgIpc) is 2.09. The average molecular weight is 201 g/mol. The van der Waals surface area contributed by atoms with E-state index in [1.165, 1.54) is 12.3 Å². The van der Waals surface area contributed by atoms with Gasteiger partial charge in [-0.05, 0) is 13.0 Å². The van der Waals surface area contributed by atoms with E-state index in [4.69, 9.17) is 22.1 Å². The minimum absolute atomic E-state index is 0.128. The topological polar surface area (TPSA) is 65.2 Å². The first-order valence-corrected chi connectivity index (χ1v) is 4.11. The Morgan fingerprint density at radius 1 is 1.77 bits per heavy atom. The van der Waals surface area contributed by atoms with Crippen molar-refractivity contribution < 1.29 is 9.53 Å². The Bertz CT molecular complexity index is 328. The zero-order chi connectivity index (χ0) is 9.84. The lowest BCUT2D eigenvalue weighted by Crippen LogP contribution is -2.09. The van der Waals surface area contributed by atoms with Crippen LogP contribution in [0.4, 0.5) is 5.82 Å². The molecule has 0 aliphatic heterocycles. The number of nitrogen functional groups attached to an aromatic ring is 1. The van der Waals surface area contributed by atoms with Gasteiger partial charge < -0.3 is 10.5 Å². The maximum Gasteiger partial charge on any atom is 0.341 e. The quantitative estimate of drug-likeness (QED) is 0.735. The molecule has 0 atom stereocenters. The molecule has 1 aromatic heterocycles. The summed E-state index contributed by atoms with van der Waals surface area (Å²) in [6.07, 6.45) is 1.37. The van der Waals surface area contributed by atoms with Crippen molar-refractivity contribution in [2.24, 2.45) is 0 Å². The molecule has 0 aliphatic carbocycles. The highest BCUT2D eigenvalue weighted by atomic mass is 35.5. The fourth-order valence-corrected chi connectivity index (χ4v) is 0.980. The number of aromatic nitrogens is 1. The molecule has 5 heteroatoms. The van der Waals surface area contributed by atoms with Crippen molar-refractivity contribution >= 4 is 23.4 Å². The second-order valence-corrected chi connectivity index (χ2v) is 2.74. The van der Waals surface area contributed by atoms with Crippen molar-refractivity contribution in [1.29, 1.82) is 0 Å². The number of nitrogens with zero attached hydrogens (tertiary/aromatic N) is 1. The summed E-state index contributed by atoms with van der Waals surface area (Å²) < 4.78 is 4.75. The number of rotatable bonds is 2. The van der Waals surface area contributed by atoms with Crippen LogP contribution in [0.5, 0.6) is 0 Å². The summed E-state index contributed by atoms with van der Waals surface area (Å²) in [7, 11) is 0. The highest BCUT2D eigenvalue weighted by Crippen LogP contribution is 2.15. The first kappa shape index (κ1) is 9.80. The van der Waals surface area contributed by atoms with Gasteiger partial charge in [-0.3, -0.25) is 0 Å². The molecule has 0 radical (unpaired) electrons. The predicted octanol–water partition coefficient (Wildman–Crippen LogP) is 1.49. The van der Waals surface area contributed by atoms with Crippen molar-refractivity contribution in [2.75, 3.05) is 12.3 Å². The lowest BCUT2D eigenvalue weighted by molar-refractivity contribution is 0.0527. The standard InChI is InChI=1S/C8H9ClN2O2/c1-2-13-8(12)6-3-5(9)4-11-7(6)10/h3-4H,2H2,1H3,(H2,10,11). The molecule has 1 rings (SSSR count). The van der Waals surface area contributed by atoms with Gasteiger partial charge in [0.15, 0.2) is 0 Å². The van der Waals surface area contributed by atoms with E-state index in [9.17, 15) is 4.79 Å². The maximum absolute atomic E-state index is 11.2. The fraction of sp³-hybridized carbons (Fsp3) is 0.250. The minimum Gasteiger partial charge on any atom is -0.462 e. The Hall–Kier alpha value is -1.29. The van der Waals surface area contributed by atoms with Gasteiger partial charge in [-0.15, -0.1) is 0 Å². The van der Waals surface area contributed by atoms with Crippen LogP contribution in [0.1, 0.15) is 17.3 Å². The molecule has 1 heterocycles. The highest BCUT2D eigenvalue weighted by Gasteiger charge is 2.11. The number of pyridine rings is 1. The minimum atomic E-state index is -0.505. The lowest BCUT2D eigenvalue weighted by Gasteiger charge is -2.03. The molecule has 70 valence electrons. The second-order valence-electron chi connectivity index (χ2n) is 2.31. The van der Waals surface area contributed by atoms with Gasteiger partial charge in [0.25, 0.3) is 0 Å². The van der Waals surface area contributed by atoms with Gasteiger partial charge in [-0.25, -0.2) is 9.78 Å². The summed E-state index contributed by atoms with van der Waals surface area (Å²) >= 11 is 5.64. The van der Waals surface area contributed by atoms with Gasteiger partial charge in [-0.2, -0.15) is 0 Å². The normalized spacial score (nSPS) is 9.69. The molecular formula is C8H9ClN2O2. The van der Waals surface area contributed by atoms with E-state index in [1.807, 2.05) is 0 Å². The molecule has 0 saturated carbocycles. The monoisotopic (exact) mass is 200 g/mol. The van der Waals surface area contributed by atoms with Gasteiger partial charge in [0.1, 0.15) is 11.4 Å². The third-order valence-corrected chi connectivity index (χ3v) is 1.59. The summed E-state index contributed by atoms with van der Waals surface area (Å²) in [4.78, 5) is 14.9. The maximum atomic E-state index is 11.2. The summed E-state index contributed by atoms with van der Waals surface area (Å²) in [5, 5.41) is 0.359. The van der Waals surface area contributed by atoms with E-state index in [1.54, 1.807) is 6.92 Å². The van der Waals surface area contributed by atoms with Gasteiger partial charge in [0.05, 0.1) is 11.6 Å². The fourth-order valence-electron chi connectivity index (χ4n) is 0.822. The third-order valence-electron chi connectivity index (χ3n) is 1.38. The summed E-state index contributed by atoms with van der Waals surface area (Å²) in [6.45, 7) is 2.01. The molecule has 0 amide bonds. The number of esters is 1. The summed E-state index contributed by atoms with van der Waals surface area (Å²) in [6, 6.07) is 1.43. The van der Waals surface area contributed by atoms with Crippen molar-refractivity contribution in [2.45, 2.75) is 6.92 Å². The molecule has 0 spiro atoms. The Balaban J connectivity index is 2.99. The van der Waals surface area contributed by atoms with Crippen LogP contribution in [0.15, 0.2) is 12.3 Å². The third kappa shape index (κ3) is 2.32. The first-order valence-electron chi connectivity index (χ1n) is 3.73. The highest BCUT2D eigenvalue weighted by molar-refractivity contribution is 6.30. The number of halogens is 1. The van der Waals surface area contributed by atoms with Crippen molar-refractivity contribution in [3.63, 3.8) is 0 Å². The number of anilines is 1. The van der Waals surface area contributed by atoms with E-state index in [0.29, 0.717) is 11.6 Å². The molecule has 1 aromatic rings. The van der Waals surface area contributed by atoms with Crippen LogP contribution in [0.3, 0.4) is 0 Å². The molecule has 0 bridgehead atoms. The van der Waals surface area contributed by atoms with Crippen molar-refractivity contribution in [1.82, 2.24) is 4.98 Å². The second kappa shape index (κ2) is 4.09. The van der Waals surface area contributed by atoms with Gasteiger partial charge >= 0.3 is 5.97 Å². The molecule has 0 fully saturated rings. The van der Waals surface area contributed by atoms with Crippen LogP contribution in [0.25, 0.3) is 0 Å². The number of ether oxygens (including phenoxy) is 1. The number of nitrogens with two attached hydrogens (primary N) is 1. The SMILES string of the molecule is CCOC(=O)c1cc(Cl)cnc1N. The van der Waals surface area contributed by atoms with E-state index in [-0.39, 0.29) is 11.4 Å². The van der Waals surface area contributed by atoms with Crippen molar-refractivity contribution in [3.8, 4) is 0 Å². The molecule has 0 aromatic carbocycles. The van der Waals surface area contributed by atoms with Crippen LogP contribution in [0, 0.1) is 0 Å². The Morgan fingerprint density at radius 3 is 3.08 bits per heavy atom. The Labute approximate surface area is 80.7 Å². The predicted molar refractivity (Wildman–Crippen MR) is 49.6 cm³/mol. The van der Waals surface area contributed by atoms with E-state index >= 15 is 0 Å². The molecule has 4 nitrogen and oxygen atoms in total. The number of carbonyl (C=O) groups excluding carboxylic acids is 1. The lowest BCUT2D eigenvalue weighted by atomic mass is 10.2. The first-order chi connectivity index (χ1) is 6.15. The van der Waals surface area contributed by atoms with Gasteiger partial charge in [-0.1, -0.05) is 11.6 Å². The van der Waals surface area contributed by atoms with E-state index < -0.39 is 5.97 Å². The van der Waals surface area contributed by atoms with Crippen molar-refractivity contribution in [3.05, 3.63) is 22.8 Å². The molecule has 0 aliphatic rings. The van der Waals surface area contributed by atoms with Crippen LogP contribution in [0.2, 0.25) is 5.02 Å².